The predicted molar refractivity (Wildman–Crippen MR) is 78.5 cm³/mol. The zero-order valence-corrected chi connectivity index (χ0v) is 10.9. The Morgan fingerprint density at radius 2 is 1.80 bits per heavy atom. The van der Waals surface area contributed by atoms with Gasteiger partial charge in [-0.3, -0.25) is 4.79 Å². The van der Waals surface area contributed by atoms with E-state index in [1.54, 1.807) is 30.3 Å². The van der Waals surface area contributed by atoms with E-state index in [4.69, 9.17) is 5.26 Å². The average molecular weight is 262 g/mol. The number of hydrogen-bond donors (Lipinski definition) is 1. The van der Waals surface area contributed by atoms with Crippen LogP contribution in [-0.4, -0.2) is 5.91 Å². The van der Waals surface area contributed by atoms with E-state index in [0.29, 0.717) is 12.1 Å². The zero-order chi connectivity index (χ0) is 14.2. The minimum Gasteiger partial charge on any atom is -0.348 e. The molecule has 0 aromatic heterocycles. The summed E-state index contributed by atoms with van der Waals surface area (Å²) in [6, 6.07) is 18.9. The molecule has 0 spiro atoms. The Kier molecular flexibility index (Phi) is 4.69. The topological polar surface area (TPSA) is 52.9 Å². The van der Waals surface area contributed by atoms with Crippen molar-refractivity contribution in [1.29, 1.82) is 5.26 Å². The van der Waals surface area contributed by atoms with Crippen LogP contribution in [0, 0.1) is 11.3 Å². The first-order valence-corrected chi connectivity index (χ1v) is 6.28. The summed E-state index contributed by atoms with van der Waals surface area (Å²) < 4.78 is 0. The van der Waals surface area contributed by atoms with E-state index in [0.717, 1.165) is 11.1 Å². The van der Waals surface area contributed by atoms with Crippen LogP contribution in [0.1, 0.15) is 16.7 Å². The van der Waals surface area contributed by atoms with Crippen molar-refractivity contribution in [3.05, 3.63) is 77.4 Å². The maximum absolute atomic E-state index is 11.7. The summed E-state index contributed by atoms with van der Waals surface area (Å²) in [6.07, 6.45) is 3.21. The molecule has 0 saturated heterocycles. The molecular formula is C17H14N2O. The second-order valence-electron chi connectivity index (χ2n) is 4.27. The molecule has 98 valence electrons. The largest absolute Gasteiger partial charge is 0.348 e. The fourth-order valence-electron chi connectivity index (χ4n) is 1.68. The van der Waals surface area contributed by atoms with Gasteiger partial charge in [-0.15, -0.1) is 0 Å². The van der Waals surface area contributed by atoms with Gasteiger partial charge in [0.05, 0.1) is 11.6 Å². The Hall–Kier alpha value is -2.86. The molecule has 20 heavy (non-hydrogen) atoms. The van der Waals surface area contributed by atoms with Gasteiger partial charge in [0.1, 0.15) is 0 Å². The third-order valence-corrected chi connectivity index (χ3v) is 2.78. The monoisotopic (exact) mass is 262 g/mol. The summed E-state index contributed by atoms with van der Waals surface area (Å²) in [5, 5.41) is 11.5. The minimum absolute atomic E-state index is 0.141. The summed E-state index contributed by atoms with van der Waals surface area (Å²) >= 11 is 0. The smallest absolute Gasteiger partial charge is 0.244 e. The number of benzene rings is 2. The molecule has 2 aromatic rings. The molecule has 0 atom stereocenters. The number of carbonyl (C=O) groups excluding carboxylic acids is 1. The molecule has 0 heterocycles. The van der Waals surface area contributed by atoms with Crippen LogP contribution in [0.2, 0.25) is 0 Å². The maximum Gasteiger partial charge on any atom is 0.244 e. The molecule has 3 nitrogen and oxygen atoms in total. The number of nitrogens with zero attached hydrogens (tertiary/aromatic N) is 1. The van der Waals surface area contributed by atoms with Crippen molar-refractivity contribution >= 4 is 12.0 Å². The van der Waals surface area contributed by atoms with Crippen molar-refractivity contribution < 1.29 is 4.79 Å². The van der Waals surface area contributed by atoms with Gasteiger partial charge >= 0.3 is 0 Å². The fourth-order valence-corrected chi connectivity index (χ4v) is 1.68. The zero-order valence-electron chi connectivity index (χ0n) is 10.9. The van der Waals surface area contributed by atoms with Gasteiger partial charge in [-0.25, -0.2) is 0 Å². The van der Waals surface area contributed by atoms with E-state index in [1.165, 1.54) is 6.08 Å². The molecule has 2 aromatic carbocycles. The molecule has 0 saturated carbocycles. The molecular weight excluding hydrogens is 248 g/mol. The molecule has 0 aliphatic heterocycles. The maximum atomic E-state index is 11.7. The standard InChI is InChI=1S/C17H14N2O/c18-12-15-8-6-14(7-9-15)10-11-17(20)19-13-16-4-2-1-3-5-16/h1-11H,13H2,(H,19,20)/b11-10-. The molecule has 3 heteroatoms. The van der Waals surface area contributed by atoms with Crippen LogP contribution in [0.3, 0.4) is 0 Å². The Balaban J connectivity index is 1.87. The Morgan fingerprint density at radius 1 is 1.10 bits per heavy atom. The molecule has 0 fully saturated rings. The van der Waals surface area contributed by atoms with Crippen LogP contribution in [-0.2, 0) is 11.3 Å². The van der Waals surface area contributed by atoms with Crippen molar-refractivity contribution in [2.24, 2.45) is 0 Å². The van der Waals surface area contributed by atoms with Crippen molar-refractivity contribution in [3.8, 4) is 6.07 Å². The molecule has 2 rings (SSSR count). The number of nitriles is 1. The van der Waals surface area contributed by atoms with Gasteiger partial charge in [-0.1, -0.05) is 42.5 Å². The highest BCUT2D eigenvalue weighted by atomic mass is 16.1. The predicted octanol–water partition coefficient (Wildman–Crippen LogP) is 2.89. The number of amides is 1. The van der Waals surface area contributed by atoms with E-state index in [2.05, 4.69) is 11.4 Å². The number of rotatable bonds is 4. The van der Waals surface area contributed by atoms with E-state index in [1.807, 2.05) is 30.3 Å². The normalized spacial score (nSPS) is 10.2. The van der Waals surface area contributed by atoms with Gasteiger partial charge in [0.25, 0.3) is 0 Å². The van der Waals surface area contributed by atoms with Gasteiger partial charge in [-0.05, 0) is 29.3 Å². The quantitative estimate of drug-likeness (QED) is 0.861. The highest BCUT2D eigenvalue weighted by Gasteiger charge is 1.96. The van der Waals surface area contributed by atoms with E-state index in [9.17, 15) is 4.79 Å². The second-order valence-corrected chi connectivity index (χ2v) is 4.27. The van der Waals surface area contributed by atoms with Gasteiger partial charge in [0, 0.05) is 12.6 Å². The lowest BCUT2D eigenvalue weighted by Gasteiger charge is -2.01. The third-order valence-electron chi connectivity index (χ3n) is 2.78. The summed E-state index contributed by atoms with van der Waals surface area (Å²) in [5.74, 6) is -0.141. The summed E-state index contributed by atoms with van der Waals surface area (Å²) in [5.41, 5.74) is 2.56. The number of carbonyl (C=O) groups is 1. The van der Waals surface area contributed by atoms with Crippen molar-refractivity contribution in [2.45, 2.75) is 6.54 Å². The summed E-state index contributed by atoms with van der Waals surface area (Å²) in [4.78, 5) is 11.7. The molecule has 0 radical (unpaired) electrons. The average Bonchev–Trinajstić information content (AvgIpc) is 2.52. The molecule has 0 aliphatic carbocycles. The van der Waals surface area contributed by atoms with Gasteiger partial charge in [0.15, 0.2) is 0 Å². The van der Waals surface area contributed by atoms with Crippen LogP contribution >= 0.6 is 0 Å². The third kappa shape index (κ3) is 4.11. The van der Waals surface area contributed by atoms with Crippen LogP contribution in [0.5, 0.6) is 0 Å². The first kappa shape index (κ1) is 13.6. The lowest BCUT2D eigenvalue weighted by atomic mass is 10.1. The van der Waals surface area contributed by atoms with Gasteiger partial charge in [0.2, 0.25) is 5.91 Å². The first-order chi connectivity index (χ1) is 9.78. The lowest BCUT2D eigenvalue weighted by molar-refractivity contribution is -0.116. The molecule has 1 amide bonds. The fraction of sp³-hybridized carbons (Fsp3) is 0.0588. The van der Waals surface area contributed by atoms with E-state index in [-0.39, 0.29) is 5.91 Å². The van der Waals surface area contributed by atoms with E-state index >= 15 is 0 Å². The first-order valence-electron chi connectivity index (χ1n) is 6.28. The molecule has 1 N–H and O–H groups in total. The highest BCUT2D eigenvalue weighted by Crippen LogP contribution is 2.05. The van der Waals surface area contributed by atoms with Crippen molar-refractivity contribution in [2.75, 3.05) is 0 Å². The molecule has 0 bridgehead atoms. The molecule has 0 aliphatic rings. The Labute approximate surface area is 118 Å². The minimum atomic E-state index is -0.141. The van der Waals surface area contributed by atoms with Crippen molar-refractivity contribution in [3.63, 3.8) is 0 Å². The molecule has 0 unspecified atom stereocenters. The van der Waals surface area contributed by atoms with Crippen LogP contribution in [0.15, 0.2) is 60.7 Å². The van der Waals surface area contributed by atoms with Crippen LogP contribution in [0.25, 0.3) is 6.08 Å². The van der Waals surface area contributed by atoms with E-state index < -0.39 is 0 Å². The second kappa shape index (κ2) is 6.91. The Bertz CT molecular complexity index is 637. The van der Waals surface area contributed by atoms with Gasteiger partial charge < -0.3 is 5.32 Å². The van der Waals surface area contributed by atoms with Crippen molar-refractivity contribution in [1.82, 2.24) is 5.32 Å². The highest BCUT2D eigenvalue weighted by molar-refractivity contribution is 5.91. The number of nitrogens with one attached hydrogen (secondary N) is 1. The van der Waals surface area contributed by atoms with Gasteiger partial charge in [-0.2, -0.15) is 5.26 Å². The lowest BCUT2D eigenvalue weighted by Crippen LogP contribution is -2.20. The van der Waals surface area contributed by atoms with Crippen LogP contribution in [0.4, 0.5) is 0 Å². The SMILES string of the molecule is N#Cc1ccc(/C=C\C(=O)NCc2ccccc2)cc1. The van der Waals surface area contributed by atoms with Crippen LogP contribution < -0.4 is 5.32 Å². The summed E-state index contributed by atoms with van der Waals surface area (Å²) in [7, 11) is 0. The summed E-state index contributed by atoms with van der Waals surface area (Å²) in [6.45, 7) is 0.511. The Morgan fingerprint density at radius 3 is 2.45 bits per heavy atom. The number of hydrogen-bond acceptors (Lipinski definition) is 2.